The Balaban J connectivity index is 2.66. The van der Waals surface area contributed by atoms with Crippen molar-refractivity contribution in [2.75, 3.05) is 13.4 Å². The number of hydrogen-bond donors (Lipinski definition) is 1. The standard InChI is InChI=1S/C12H11NO3S/c1-15-8-4-3-7-5-9(11(13)17-2)12(14)16-10(7)6-8/h3-6,13H,1-2H3. The van der Waals surface area contributed by atoms with Crippen LogP contribution in [-0.2, 0) is 0 Å². The molecule has 0 bridgehead atoms. The van der Waals surface area contributed by atoms with E-state index in [4.69, 9.17) is 14.6 Å². The molecule has 2 aromatic rings. The van der Waals surface area contributed by atoms with Crippen LogP contribution in [0.15, 0.2) is 33.5 Å². The molecule has 4 nitrogen and oxygen atoms in total. The van der Waals surface area contributed by atoms with Crippen LogP contribution in [0.5, 0.6) is 5.75 Å². The Morgan fingerprint density at radius 3 is 2.82 bits per heavy atom. The van der Waals surface area contributed by atoms with Crippen LogP contribution in [0, 0.1) is 5.41 Å². The number of rotatable bonds is 2. The molecule has 1 heterocycles. The first kappa shape index (κ1) is 11.7. The van der Waals surface area contributed by atoms with Crippen LogP contribution in [0.25, 0.3) is 11.0 Å². The number of nitrogens with one attached hydrogen (secondary N) is 1. The van der Waals surface area contributed by atoms with Gasteiger partial charge in [0.1, 0.15) is 16.4 Å². The molecule has 0 radical (unpaired) electrons. The Morgan fingerprint density at radius 1 is 1.41 bits per heavy atom. The minimum Gasteiger partial charge on any atom is -0.497 e. The van der Waals surface area contributed by atoms with Crippen molar-refractivity contribution in [1.82, 2.24) is 0 Å². The van der Waals surface area contributed by atoms with Crippen LogP contribution in [0.4, 0.5) is 0 Å². The van der Waals surface area contributed by atoms with Crippen LogP contribution in [0.1, 0.15) is 5.56 Å². The molecule has 0 unspecified atom stereocenters. The Labute approximate surface area is 102 Å². The summed E-state index contributed by atoms with van der Waals surface area (Å²) in [6.07, 6.45) is 1.75. The van der Waals surface area contributed by atoms with Crippen molar-refractivity contribution in [2.24, 2.45) is 0 Å². The maximum absolute atomic E-state index is 11.7. The van der Waals surface area contributed by atoms with Gasteiger partial charge in [-0.1, -0.05) is 0 Å². The van der Waals surface area contributed by atoms with Crippen molar-refractivity contribution < 1.29 is 9.15 Å². The Kier molecular flexibility index (Phi) is 3.19. The Morgan fingerprint density at radius 2 is 2.18 bits per heavy atom. The largest absolute Gasteiger partial charge is 0.497 e. The minimum atomic E-state index is -0.495. The maximum Gasteiger partial charge on any atom is 0.346 e. The van der Waals surface area contributed by atoms with Gasteiger partial charge in [-0.15, -0.1) is 11.8 Å². The van der Waals surface area contributed by atoms with Crippen LogP contribution in [0.2, 0.25) is 0 Å². The van der Waals surface area contributed by atoms with Gasteiger partial charge in [0.05, 0.1) is 12.7 Å². The molecule has 1 N–H and O–H groups in total. The maximum atomic E-state index is 11.7. The van der Waals surface area contributed by atoms with Crippen molar-refractivity contribution in [1.29, 1.82) is 5.41 Å². The highest BCUT2D eigenvalue weighted by Gasteiger charge is 2.09. The third-order valence-electron chi connectivity index (χ3n) is 2.39. The van der Waals surface area contributed by atoms with Gasteiger partial charge in [-0.25, -0.2) is 4.79 Å². The molecule has 1 aromatic carbocycles. The normalized spacial score (nSPS) is 10.5. The summed E-state index contributed by atoms with van der Waals surface area (Å²) in [6.45, 7) is 0. The molecule has 0 aliphatic rings. The van der Waals surface area contributed by atoms with Crippen molar-refractivity contribution in [3.63, 3.8) is 0 Å². The SMILES string of the molecule is COc1ccc2cc(C(=N)SC)c(=O)oc2c1. The molecule has 88 valence electrons. The van der Waals surface area contributed by atoms with E-state index in [1.165, 1.54) is 11.8 Å². The van der Waals surface area contributed by atoms with Gasteiger partial charge in [-0.2, -0.15) is 0 Å². The zero-order valence-electron chi connectivity index (χ0n) is 9.44. The number of hydrogen-bond acceptors (Lipinski definition) is 5. The summed E-state index contributed by atoms with van der Waals surface area (Å²) in [7, 11) is 1.55. The topological polar surface area (TPSA) is 63.3 Å². The summed E-state index contributed by atoms with van der Waals surface area (Å²) in [5, 5.41) is 8.63. The van der Waals surface area contributed by atoms with E-state index in [-0.39, 0.29) is 10.6 Å². The van der Waals surface area contributed by atoms with Crippen molar-refractivity contribution in [3.05, 3.63) is 40.2 Å². The first-order chi connectivity index (χ1) is 8.15. The number of thioether (sulfide) groups is 1. The summed E-state index contributed by atoms with van der Waals surface area (Å²) in [4.78, 5) is 11.7. The molecule has 0 fully saturated rings. The van der Waals surface area contributed by atoms with Gasteiger partial charge in [0.25, 0.3) is 0 Å². The van der Waals surface area contributed by atoms with Crippen molar-refractivity contribution >= 4 is 27.8 Å². The third kappa shape index (κ3) is 2.19. The van der Waals surface area contributed by atoms with Crippen LogP contribution < -0.4 is 10.4 Å². The first-order valence-corrected chi connectivity index (χ1v) is 6.13. The van der Waals surface area contributed by atoms with Crippen LogP contribution in [0.3, 0.4) is 0 Å². The van der Waals surface area contributed by atoms with Gasteiger partial charge in [0.2, 0.25) is 0 Å². The van der Waals surface area contributed by atoms with Gasteiger partial charge in [0.15, 0.2) is 0 Å². The molecule has 0 aliphatic carbocycles. The zero-order valence-corrected chi connectivity index (χ0v) is 10.3. The molecule has 5 heteroatoms. The third-order valence-corrected chi connectivity index (χ3v) is 3.02. The molecule has 0 atom stereocenters. The number of benzene rings is 1. The van der Waals surface area contributed by atoms with Crippen molar-refractivity contribution in [3.8, 4) is 5.75 Å². The van der Waals surface area contributed by atoms with Gasteiger partial charge in [0, 0.05) is 11.5 Å². The molecular weight excluding hydrogens is 238 g/mol. The molecule has 0 saturated heterocycles. The van der Waals surface area contributed by atoms with Gasteiger partial charge >= 0.3 is 5.63 Å². The number of methoxy groups -OCH3 is 1. The lowest BCUT2D eigenvalue weighted by Crippen LogP contribution is -2.11. The second-order valence-electron chi connectivity index (χ2n) is 3.38. The van der Waals surface area contributed by atoms with E-state index in [0.29, 0.717) is 11.3 Å². The zero-order chi connectivity index (χ0) is 12.4. The van der Waals surface area contributed by atoms with E-state index in [9.17, 15) is 4.79 Å². The monoisotopic (exact) mass is 249 g/mol. The second kappa shape index (κ2) is 4.63. The second-order valence-corrected chi connectivity index (χ2v) is 4.20. The highest BCUT2D eigenvalue weighted by atomic mass is 32.2. The lowest BCUT2D eigenvalue weighted by atomic mass is 10.2. The van der Waals surface area contributed by atoms with E-state index in [2.05, 4.69) is 0 Å². The molecule has 2 rings (SSSR count). The first-order valence-electron chi connectivity index (χ1n) is 4.90. The fourth-order valence-electron chi connectivity index (χ4n) is 1.49. The van der Waals surface area contributed by atoms with Gasteiger partial charge < -0.3 is 9.15 Å². The molecular formula is C12H11NO3S. The molecule has 0 aliphatic heterocycles. The average Bonchev–Trinajstić information content (AvgIpc) is 2.36. The highest BCUT2D eigenvalue weighted by molar-refractivity contribution is 8.13. The van der Waals surface area contributed by atoms with E-state index < -0.39 is 5.63 Å². The molecule has 1 aromatic heterocycles. The smallest absolute Gasteiger partial charge is 0.346 e. The van der Waals surface area contributed by atoms with Crippen LogP contribution in [-0.4, -0.2) is 18.4 Å². The Hall–Kier alpha value is -1.75. The molecule has 0 spiro atoms. The summed E-state index contributed by atoms with van der Waals surface area (Å²) in [6, 6.07) is 6.91. The number of ether oxygens (including phenoxy) is 1. The van der Waals surface area contributed by atoms with Gasteiger partial charge in [-0.05, 0) is 24.5 Å². The van der Waals surface area contributed by atoms with E-state index in [1.54, 1.807) is 37.6 Å². The highest BCUT2D eigenvalue weighted by Crippen LogP contribution is 2.21. The minimum absolute atomic E-state index is 0.205. The molecule has 0 saturated carbocycles. The van der Waals surface area contributed by atoms with E-state index in [1.807, 2.05) is 0 Å². The lowest BCUT2D eigenvalue weighted by molar-refractivity contribution is 0.414. The van der Waals surface area contributed by atoms with E-state index in [0.717, 1.165) is 5.39 Å². The fourth-order valence-corrected chi connectivity index (χ4v) is 1.85. The van der Waals surface area contributed by atoms with E-state index >= 15 is 0 Å². The summed E-state index contributed by atoms with van der Waals surface area (Å²) >= 11 is 1.21. The lowest BCUT2D eigenvalue weighted by Gasteiger charge is -2.03. The molecule has 17 heavy (non-hydrogen) atoms. The Bertz CT molecular complexity index is 633. The summed E-state index contributed by atoms with van der Waals surface area (Å²) in [5.41, 5.74) is 0.257. The average molecular weight is 249 g/mol. The van der Waals surface area contributed by atoms with Crippen LogP contribution >= 0.6 is 11.8 Å². The van der Waals surface area contributed by atoms with Gasteiger partial charge in [-0.3, -0.25) is 5.41 Å². The predicted molar refractivity (Wildman–Crippen MR) is 69.4 cm³/mol. The predicted octanol–water partition coefficient (Wildman–Crippen LogP) is 2.49. The fraction of sp³-hybridized carbons (Fsp3) is 0.167. The number of fused-ring (bicyclic) bond motifs is 1. The molecule has 0 amide bonds. The summed E-state index contributed by atoms with van der Waals surface area (Å²) < 4.78 is 10.2. The summed E-state index contributed by atoms with van der Waals surface area (Å²) in [5.74, 6) is 0.633. The van der Waals surface area contributed by atoms with Crippen molar-refractivity contribution in [2.45, 2.75) is 0 Å². The quantitative estimate of drug-likeness (QED) is 0.504.